The van der Waals surface area contributed by atoms with Gasteiger partial charge in [-0.25, -0.2) is 12.7 Å². The van der Waals surface area contributed by atoms with Crippen LogP contribution in [0.2, 0.25) is 0 Å². The Morgan fingerprint density at radius 2 is 1.58 bits per heavy atom. The number of carbonyl (C=O) groups excluding carboxylic acids is 3. The molecule has 2 aromatic carbocycles. The van der Waals surface area contributed by atoms with Gasteiger partial charge in [-0.1, -0.05) is 42.0 Å². The van der Waals surface area contributed by atoms with Crippen molar-refractivity contribution in [3.05, 3.63) is 65.2 Å². The van der Waals surface area contributed by atoms with Crippen LogP contribution < -0.4 is 5.32 Å². The van der Waals surface area contributed by atoms with E-state index in [-0.39, 0.29) is 10.8 Å². The number of hydrogen-bond acceptors (Lipinski definition) is 9. The predicted octanol–water partition coefficient (Wildman–Crippen LogP) is 2.03. The molecular formula is C31H47N5O6S. The summed E-state index contributed by atoms with van der Waals surface area (Å²) in [6, 6.07) is 15.0. The molecule has 0 bridgehead atoms. The third-order valence-electron chi connectivity index (χ3n) is 6.89. The van der Waals surface area contributed by atoms with E-state index in [1.807, 2.05) is 20.5 Å². The molecule has 43 heavy (non-hydrogen) atoms. The second-order valence-corrected chi connectivity index (χ2v) is 12.1. The van der Waals surface area contributed by atoms with E-state index in [0.29, 0.717) is 25.9 Å². The summed E-state index contributed by atoms with van der Waals surface area (Å²) in [6.07, 6.45) is 1.56. The van der Waals surface area contributed by atoms with Gasteiger partial charge in [0.25, 0.3) is 0 Å². The van der Waals surface area contributed by atoms with Gasteiger partial charge < -0.3 is 29.4 Å². The number of carbonyl (C=O) groups is 3. The van der Waals surface area contributed by atoms with Crippen molar-refractivity contribution >= 4 is 35.3 Å². The monoisotopic (exact) mass is 617 g/mol. The summed E-state index contributed by atoms with van der Waals surface area (Å²) in [5.74, 6) is 0.963. The van der Waals surface area contributed by atoms with Gasteiger partial charge in [0.2, 0.25) is 15.9 Å². The Labute approximate surface area is 257 Å². The van der Waals surface area contributed by atoms with Crippen LogP contribution in [0.1, 0.15) is 29.5 Å². The highest BCUT2D eigenvalue weighted by Gasteiger charge is 2.20. The Hall–Kier alpha value is -3.45. The molecule has 0 aromatic heterocycles. The maximum atomic E-state index is 12.6. The molecule has 0 aliphatic carbocycles. The average molecular weight is 618 g/mol. The molecule has 238 valence electrons. The second-order valence-electron chi connectivity index (χ2n) is 10.1. The van der Waals surface area contributed by atoms with E-state index in [0.717, 1.165) is 68.3 Å². The summed E-state index contributed by atoms with van der Waals surface area (Å²) in [4.78, 5) is 37.1. The highest BCUT2D eigenvalue weighted by Crippen LogP contribution is 2.16. The van der Waals surface area contributed by atoms with E-state index in [2.05, 4.69) is 46.5 Å². The van der Waals surface area contributed by atoms with E-state index < -0.39 is 10.0 Å². The molecule has 0 saturated carbocycles. The average Bonchev–Trinajstić information content (AvgIpc) is 3.58. The lowest BCUT2D eigenvalue weighted by atomic mass is 10.1. The Bertz CT molecular complexity index is 1210. The van der Waals surface area contributed by atoms with Gasteiger partial charge in [-0.05, 0) is 44.5 Å². The van der Waals surface area contributed by atoms with Crippen LogP contribution in [0.4, 0.5) is 0 Å². The quantitative estimate of drug-likeness (QED) is 0.429. The van der Waals surface area contributed by atoms with Crippen LogP contribution in [-0.2, 0) is 35.6 Å². The molecule has 1 fully saturated rings. The Morgan fingerprint density at radius 3 is 2.09 bits per heavy atom. The molecule has 2 aliphatic heterocycles. The smallest absolute Gasteiger partial charge is 0.242 e. The van der Waals surface area contributed by atoms with Gasteiger partial charge in [-0.2, -0.15) is 0 Å². The largest absolute Gasteiger partial charge is 0.379 e. The number of amides is 1. The van der Waals surface area contributed by atoms with Crippen molar-refractivity contribution in [1.29, 1.82) is 0 Å². The zero-order valence-corrected chi connectivity index (χ0v) is 26.8. The van der Waals surface area contributed by atoms with Gasteiger partial charge in [-0.15, -0.1) is 0 Å². The van der Waals surface area contributed by atoms with Crippen molar-refractivity contribution in [3.63, 3.8) is 0 Å². The first kappa shape index (κ1) is 37.6. The molecule has 1 saturated heterocycles. The normalized spacial score (nSPS) is 14.5. The van der Waals surface area contributed by atoms with Crippen molar-refractivity contribution in [3.8, 4) is 0 Å². The van der Waals surface area contributed by atoms with E-state index in [4.69, 9.17) is 14.3 Å². The zero-order valence-electron chi connectivity index (χ0n) is 26.0. The van der Waals surface area contributed by atoms with E-state index in [9.17, 15) is 13.2 Å². The fourth-order valence-corrected chi connectivity index (χ4v) is 5.36. The number of nitrogens with zero attached hydrogens (tertiary/aromatic N) is 4. The minimum atomic E-state index is -3.53. The lowest BCUT2D eigenvalue weighted by Gasteiger charge is -2.21. The van der Waals surface area contributed by atoms with E-state index in [1.54, 1.807) is 43.3 Å². The van der Waals surface area contributed by atoms with E-state index >= 15 is 0 Å². The number of nitrogens with one attached hydrogen (secondary N) is 1. The minimum absolute atomic E-state index is 0.0206. The fourth-order valence-electron chi connectivity index (χ4n) is 4.15. The number of likely N-dealkylation sites (N-methyl/N-ethyl adjacent to an activating group) is 2. The fraction of sp³-hybridized carbons (Fsp3) is 0.484. The number of benzene rings is 2. The number of rotatable bonds is 10. The number of amidine groups is 1. The highest BCUT2D eigenvalue weighted by atomic mass is 32.2. The predicted molar refractivity (Wildman–Crippen MR) is 170 cm³/mol. The third-order valence-corrected chi connectivity index (χ3v) is 8.76. The molecule has 2 aromatic rings. The summed E-state index contributed by atoms with van der Waals surface area (Å²) >= 11 is 0. The molecule has 11 nitrogen and oxygen atoms in total. The van der Waals surface area contributed by atoms with Gasteiger partial charge in [0.05, 0.1) is 24.7 Å². The van der Waals surface area contributed by atoms with Gasteiger partial charge in [0, 0.05) is 58.8 Å². The van der Waals surface area contributed by atoms with Crippen molar-refractivity contribution < 1.29 is 27.5 Å². The summed E-state index contributed by atoms with van der Waals surface area (Å²) in [6.45, 7) is 12.6. The lowest BCUT2D eigenvalue weighted by molar-refractivity contribution is -0.130. The molecule has 0 unspecified atom stereocenters. The molecule has 2 aliphatic rings. The number of ether oxygens (including phenoxy) is 1. The van der Waals surface area contributed by atoms with Gasteiger partial charge in [0.15, 0.2) is 0 Å². The highest BCUT2D eigenvalue weighted by molar-refractivity contribution is 7.89. The summed E-state index contributed by atoms with van der Waals surface area (Å²) in [5.41, 5.74) is 3.26. The maximum Gasteiger partial charge on any atom is 0.242 e. The molecule has 12 heteroatoms. The molecule has 0 spiro atoms. The maximum absolute atomic E-state index is 12.6. The first-order valence-corrected chi connectivity index (χ1v) is 15.6. The third kappa shape index (κ3) is 13.2. The summed E-state index contributed by atoms with van der Waals surface area (Å²) in [5, 5.41) is 3.26. The molecule has 1 N–H and O–H groups in total. The van der Waals surface area contributed by atoms with Crippen LogP contribution in [0, 0.1) is 6.92 Å². The number of sulfonamides is 1. The first-order valence-electron chi connectivity index (χ1n) is 14.2. The van der Waals surface area contributed by atoms with E-state index in [1.165, 1.54) is 4.31 Å². The Kier molecular flexibility index (Phi) is 17.9. The molecule has 2 heterocycles. The molecular weight excluding hydrogens is 570 g/mol. The lowest BCUT2D eigenvalue weighted by Crippen LogP contribution is -2.32. The zero-order chi connectivity index (χ0) is 32.3. The summed E-state index contributed by atoms with van der Waals surface area (Å²) < 4.78 is 31.7. The standard InChI is InChI=1S/C24H32N4O3S.C5H11NO.2CH2O/c1-19-6-12-22(13-7-19)32(30,31)28(3)17-4-5-23(29)27(2)18-14-20-8-10-21(11-9-20)24-25-15-16-26-24;1-6-2-4-7-5-3-6;2*1-2/h6-13H,4-5,14-18H2,1-3H3,(H,25,26);2-5H2,1H3;2*1H2. The van der Waals surface area contributed by atoms with Crippen LogP contribution in [0.5, 0.6) is 0 Å². The van der Waals surface area contributed by atoms with Gasteiger partial charge in [0.1, 0.15) is 19.4 Å². The molecule has 0 atom stereocenters. The van der Waals surface area contributed by atoms with Crippen LogP contribution >= 0.6 is 0 Å². The van der Waals surface area contributed by atoms with Crippen molar-refractivity contribution in [1.82, 2.24) is 19.4 Å². The van der Waals surface area contributed by atoms with Crippen molar-refractivity contribution in [2.75, 3.05) is 73.6 Å². The number of hydrogen-bond donors (Lipinski definition) is 1. The van der Waals surface area contributed by atoms with Gasteiger partial charge >= 0.3 is 0 Å². The first-order chi connectivity index (χ1) is 20.7. The Balaban J connectivity index is 0.000000717. The SMILES string of the molecule is C=O.C=O.CN1CCOCC1.Cc1ccc(S(=O)(=O)N(C)CCCC(=O)N(C)CCc2ccc(C3=NCCN3)cc2)cc1. The number of morpholine rings is 1. The molecule has 4 rings (SSSR count). The van der Waals surface area contributed by atoms with Crippen LogP contribution in [0.25, 0.3) is 0 Å². The minimum Gasteiger partial charge on any atom is -0.379 e. The second kappa shape index (κ2) is 20.5. The van der Waals surface area contributed by atoms with Crippen LogP contribution in [0.3, 0.4) is 0 Å². The van der Waals surface area contributed by atoms with Crippen LogP contribution in [0.15, 0.2) is 58.4 Å². The topological polar surface area (TPSA) is 129 Å². The molecule has 1 amide bonds. The molecule has 0 radical (unpaired) electrons. The van der Waals surface area contributed by atoms with Crippen LogP contribution in [-0.4, -0.2) is 121 Å². The number of aliphatic imine (C=N–C) groups is 1. The Morgan fingerprint density at radius 1 is 0.977 bits per heavy atom. The van der Waals surface area contributed by atoms with Crippen molar-refractivity contribution in [2.45, 2.75) is 31.1 Å². The number of aryl methyl sites for hydroxylation is 1. The van der Waals surface area contributed by atoms with Gasteiger partial charge in [-0.3, -0.25) is 9.79 Å². The van der Waals surface area contributed by atoms with Crippen molar-refractivity contribution in [2.24, 2.45) is 4.99 Å². The summed E-state index contributed by atoms with van der Waals surface area (Å²) in [7, 11) is 1.93.